The van der Waals surface area contributed by atoms with Gasteiger partial charge in [0.25, 0.3) is 5.91 Å². The summed E-state index contributed by atoms with van der Waals surface area (Å²) >= 11 is 1.55. The number of benzene rings is 1. The van der Waals surface area contributed by atoms with Gasteiger partial charge in [-0.05, 0) is 24.8 Å². The lowest BCUT2D eigenvalue weighted by atomic mass is 10.2. The predicted molar refractivity (Wildman–Crippen MR) is 69.2 cm³/mol. The molecule has 4 nitrogen and oxygen atoms in total. The molecule has 0 aliphatic carbocycles. The minimum absolute atomic E-state index is 0.0685. The fourth-order valence-corrected chi connectivity index (χ4v) is 1.97. The van der Waals surface area contributed by atoms with Crippen molar-refractivity contribution in [2.75, 3.05) is 19.3 Å². The van der Waals surface area contributed by atoms with Gasteiger partial charge < -0.3 is 10.6 Å². The van der Waals surface area contributed by atoms with Crippen LogP contribution in [0.4, 0.5) is 0 Å². The summed E-state index contributed by atoms with van der Waals surface area (Å²) in [5, 5.41) is 5.37. The minimum atomic E-state index is -0.0685. The Hall–Kier alpha value is -1.49. The van der Waals surface area contributed by atoms with Crippen molar-refractivity contribution in [3.63, 3.8) is 0 Å². The molecule has 0 fully saturated rings. The summed E-state index contributed by atoms with van der Waals surface area (Å²) in [6.45, 7) is 1.14. The highest BCUT2D eigenvalue weighted by atomic mass is 32.2. The summed E-state index contributed by atoms with van der Waals surface area (Å²) in [7, 11) is 0. The largest absolute Gasteiger partial charge is 0.359 e. The monoisotopic (exact) mass is 252 g/mol. The van der Waals surface area contributed by atoms with Crippen LogP contribution < -0.4 is 10.6 Å². The van der Waals surface area contributed by atoms with E-state index in [1.807, 2.05) is 30.5 Å². The van der Waals surface area contributed by atoms with Crippen LogP contribution in [0.1, 0.15) is 16.8 Å². The van der Waals surface area contributed by atoms with E-state index in [9.17, 15) is 9.59 Å². The Morgan fingerprint density at radius 3 is 2.82 bits per heavy atom. The highest BCUT2D eigenvalue weighted by Gasteiger charge is 2.08. The van der Waals surface area contributed by atoms with Crippen LogP contribution in [0.15, 0.2) is 29.2 Å². The Kier molecular flexibility index (Phi) is 6.17. The normalized spacial score (nSPS) is 9.71. The maximum Gasteiger partial charge on any atom is 0.252 e. The molecule has 1 aromatic carbocycles. The molecule has 2 N–H and O–H groups in total. The molecule has 0 radical (unpaired) electrons. The van der Waals surface area contributed by atoms with Gasteiger partial charge in [-0.1, -0.05) is 12.1 Å². The standard InChI is InChI=1S/C12H16N2O2S/c1-17-11-6-3-2-5-10(11)12(16)14-8-4-7-13-9-15/h2-3,5-6,9H,4,7-8H2,1H3,(H,13,15)(H,14,16). The summed E-state index contributed by atoms with van der Waals surface area (Å²) < 4.78 is 0. The zero-order valence-electron chi connectivity index (χ0n) is 9.73. The Morgan fingerprint density at radius 2 is 2.12 bits per heavy atom. The van der Waals surface area contributed by atoms with E-state index >= 15 is 0 Å². The molecule has 0 aliphatic rings. The first-order valence-corrected chi connectivity index (χ1v) is 6.60. The molecule has 1 rings (SSSR count). The van der Waals surface area contributed by atoms with Crippen LogP contribution in [0.2, 0.25) is 0 Å². The van der Waals surface area contributed by atoms with Crippen LogP contribution in [0.5, 0.6) is 0 Å². The Balaban J connectivity index is 2.44. The van der Waals surface area contributed by atoms with Gasteiger partial charge >= 0.3 is 0 Å². The van der Waals surface area contributed by atoms with E-state index < -0.39 is 0 Å². The summed E-state index contributed by atoms with van der Waals surface area (Å²) in [5.74, 6) is -0.0685. The van der Waals surface area contributed by atoms with Crippen LogP contribution in [-0.2, 0) is 4.79 Å². The fourth-order valence-electron chi connectivity index (χ4n) is 1.38. The molecule has 0 atom stereocenters. The lowest BCUT2D eigenvalue weighted by Gasteiger charge is -2.08. The van der Waals surface area contributed by atoms with Crippen LogP contribution >= 0.6 is 11.8 Å². The van der Waals surface area contributed by atoms with E-state index in [1.54, 1.807) is 11.8 Å². The van der Waals surface area contributed by atoms with Crippen molar-refractivity contribution in [1.29, 1.82) is 0 Å². The SMILES string of the molecule is CSc1ccccc1C(=O)NCCCNC=O. The molecule has 0 saturated heterocycles. The third-order valence-corrected chi connectivity index (χ3v) is 3.01. The maximum atomic E-state index is 11.8. The van der Waals surface area contributed by atoms with Gasteiger partial charge in [0.15, 0.2) is 0 Å². The zero-order chi connectivity index (χ0) is 12.5. The molecule has 0 heterocycles. The van der Waals surface area contributed by atoms with Gasteiger partial charge in [0, 0.05) is 18.0 Å². The van der Waals surface area contributed by atoms with E-state index in [4.69, 9.17) is 0 Å². The number of nitrogens with one attached hydrogen (secondary N) is 2. The van der Waals surface area contributed by atoms with Crippen molar-refractivity contribution in [2.45, 2.75) is 11.3 Å². The smallest absolute Gasteiger partial charge is 0.252 e. The third kappa shape index (κ3) is 4.48. The number of amides is 2. The minimum Gasteiger partial charge on any atom is -0.359 e. The Bertz CT molecular complexity index is 383. The molecule has 2 amide bonds. The first-order valence-electron chi connectivity index (χ1n) is 5.38. The van der Waals surface area contributed by atoms with Gasteiger partial charge in [0.1, 0.15) is 0 Å². The number of thioether (sulfide) groups is 1. The second-order valence-electron chi connectivity index (χ2n) is 3.38. The van der Waals surface area contributed by atoms with Gasteiger partial charge in [-0.3, -0.25) is 9.59 Å². The average Bonchev–Trinajstić information content (AvgIpc) is 2.38. The molecule has 0 aromatic heterocycles. The van der Waals surface area contributed by atoms with Gasteiger partial charge in [0.05, 0.1) is 5.56 Å². The summed E-state index contributed by atoms with van der Waals surface area (Å²) in [6, 6.07) is 7.50. The van der Waals surface area contributed by atoms with E-state index in [0.29, 0.717) is 25.1 Å². The Labute approximate surface area is 105 Å². The molecule has 0 bridgehead atoms. The summed E-state index contributed by atoms with van der Waals surface area (Å²) in [4.78, 5) is 22.8. The molecule has 1 aromatic rings. The molecule has 0 saturated carbocycles. The second-order valence-corrected chi connectivity index (χ2v) is 4.23. The molecular weight excluding hydrogens is 236 g/mol. The lowest BCUT2D eigenvalue weighted by Crippen LogP contribution is -2.27. The number of hydrogen-bond donors (Lipinski definition) is 2. The van der Waals surface area contributed by atoms with Gasteiger partial charge in [-0.15, -0.1) is 11.8 Å². The average molecular weight is 252 g/mol. The quantitative estimate of drug-likeness (QED) is 0.436. The first kappa shape index (κ1) is 13.6. The van der Waals surface area contributed by atoms with Crippen molar-refractivity contribution in [3.05, 3.63) is 29.8 Å². The predicted octanol–water partition coefficient (Wildman–Crippen LogP) is 1.27. The van der Waals surface area contributed by atoms with Gasteiger partial charge in [-0.2, -0.15) is 0 Å². The van der Waals surface area contributed by atoms with E-state index in [0.717, 1.165) is 11.3 Å². The summed E-state index contributed by atoms with van der Waals surface area (Å²) in [6.07, 6.45) is 3.33. The van der Waals surface area contributed by atoms with Crippen molar-refractivity contribution in [2.24, 2.45) is 0 Å². The second kappa shape index (κ2) is 7.73. The maximum absolute atomic E-state index is 11.8. The molecule has 0 aliphatic heterocycles. The molecule has 92 valence electrons. The highest BCUT2D eigenvalue weighted by molar-refractivity contribution is 7.98. The first-order chi connectivity index (χ1) is 8.29. The van der Waals surface area contributed by atoms with Crippen molar-refractivity contribution < 1.29 is 9.59 Å². The van der Waals surface area contributed by atoms with Crippen LogP contribution in [0.25, 0.3) is 0 Å². The zero-order valence-corrected chi connectivity index (χ0v) is 10.5. The van der Waals surface area contributed by atoms with Gasteiger partial charge in [0.2, 0.25) is 6.41 Å². The van der Waals surface area contributed by atoms with Crippen LogP contribution in [0.3, 0.4) is 0 Å². The Morgan fingerprint density at radius 1 is 1.35 bits per heavy atom. The topological polar surface area (TPSA) is 58.2 Å². The van der Waals surface area contributed by atoms with Crippen molar-refractivity contribution in [3.8, 4) is 0 Å². The number of carbonyl (C=O) groups excluding carboxylic acids is 2. The van der Waals surface area contributed by atoms with Crippen molar-refractivity contribution in [1.82, 2.24) is 10.6 Å². The van der Waals surface area contributed by atoms with Crippen molar-refractivity contribution >= 4 is 24.1 Å². The van der Waals surface area contributed by atoms with Crippen LogP contribution in [-0.4, -0.2) is 31.7 Å². The van der Waals surface area contributed by atoms with E-state index in [-0.39, 0.29) is 5.91 Å². The molecule has 0 spiro atoms. The molecule has 17 heavy (non-hydrogen) atoms. The van der Waals surface area contributed by atoms with E-state index in [1.165, 1.54) is 0 Å². The lowest BCUT2D eigenvalue weighted by molar-refractivity contribution is -0.109. The molecule has 0 unspecified atom stereocenters. The van der Waals surface area contributed by atoms with Gasteiger partial charge in [-0.25, -0.2) is 0 Å². The molecular formula is C12H16N2O2S. The van der Waals surface area contributed by atoms with Crippen LogP contribution in [0, 0.1) is 0 Å². The molecule has 5 heteroatoms. The number of carbonyl (C=O) groups is 2. The summed E-state index contributed by atoms with van der Waals surface area (Å²) in [5.41, 5.74) is 0.698. The third-order valence-electron chi connectivity index (χ3n) is 2.22. The number of rotatable bonds is 7. The fraction of sp³-hybridized carbons (Fsp3) is 0.333. The highest BCUT2D eigenvalue weighted by Crippen LogP contribution is 2.19. The van der Waals surface area contributed by atoms with E-state index in [2.05, 4.69) is 10.6 Å². The number of hydrogen-bond acceptors (Lipinski definition) is 3.